The SMILES string of the molecule is Cc1ccc(CC2CCC(n3ccc4c(N)ncnc43)O2)cc1. The molecule has 2 unspecified atom stereocenters. The third-order valence-electron chi connectivity index (χ3n) is 4.52. The largest absolute Gasteiger partial charge is 0.383 e. The van der Waals surface area contributed by atoms with Crippen molar-refractivity contribution in [2.24, 2.45) is 0 Å². The van der Waals surface area contributed by atoms with E-state index >= 15 is 0 Å². The molecule has 1 aliphatic rings. The standard InChI is InChI=1S/C18H20N4O/c1-12-2-4-13(5-3-12)10-14-6-7-16(23-14)22-9-8-15-17(19)20-11-21-18(15)22/h2-5,8-9,11,14,16H,6-7,10H2,1H3,(H2,19,20,21). The first kappa shape index (κ1) is 14.2. The zero-order valence-electron chi connectivity index (χ0n) is 13.1. The molecule has 0 saturated carbocycles. The summed E-state index contributed by atoms with van der Waals surface area (Å²) in [7, 11) is 0. The van der Waals surface area contributed by atoms with Crippen molar-refractivity contribution in [2.75, 3.05) is 5.73 Å². The summed E-state index contributed by atoms with van der Waals surface area (Å²) >= 11 is 0. The lowest BCUT2D eigenvalue weighted by molar-refractivity contribution is 0.00506. The molecule has 0 spiro atoms. The van der Waals surface area contributed by atoms with Crippen LogP contribution in [0.1, 0.15) is 30.2 Å². The van der Waals surface area contributed by atoms with Crippen LogP contribution in [-0.2, 0) is 11.2 Å². The smallest absolute Gasteiger partial charge is 0.147 e. The van der Waals surface area contributed by atoms with Gasteiger partial charge in [0.05, 0.1) is 11.5 Å². The molecule has 2 N–H and O–H groups in total. The van der Waals surface area contributed by atoms with Crippen molar-refractivity contribution in [3.05, 3.63) is 54.0 Å². The molecule has 3 aromatic rings. The van der Waals surface area contributed by atoms with Crippen LogP contribution in [-0.4, -0.2) is 20.6 Å². The molecule has 1 fully saturated rings. The van der Waals surface area contributed by atoms with E-state index in [1.807, 2.05) is 12.3 Å². The van der Waals surface area contributed by atoms with Crippen LogP contribution in [0.5, 0.6) is 0 Å². The van der Waals surface area contributed by atoms with E-state index in [-0.39, 0.29) is 12.3 Å². The van der Waals surface area contributed by atoms with Crippen LogP contribution in [0.2, 0.25) is 0 Å². The third-order valence-corrected chi connectivity index (χ3v) is 4.52. The molecule has 5 heteroatoms. The Morgan fingerprint density at radius 3 is 2.83 bits per heavy atom. The molecule has 3 heterocycles. The highest BCUT2D eigenvalue weighted by Crippen LogP contribution is 2.33. The Kier molecular flexibility index (Phi) is 3.50. The highest BCUT2D eigenvalue weighted by molar-refractivity contribution is 5.86. The number of aryl methyl sites for hydroxylation is 1. The molecule has 0 bridgehead atoms. The Balaban J connectivity index is 1.51. The number of nitrogen functional groups attached to an aromatic ring is 1. The number of anilines is 1. The number of rotatable bonds is 3. The highest BCUT2D eigenvalue weighted by Gasteiger charge is 2.27. The molecule has 23 heavy (non-hydrogen) atoms. The van der Waals surface area contributed by atoms with Crippen molar-refractivity contribution in [2.45, 2.75) is 38.5 Å². The van der Waals surface area contributed by atoms with Crippen molar-refractivity contribution >= 4 is 16.9 Å². The van der Waals surface area contributed by atoms with Crippen LogP contribution in [0.3, 0.4) is 0 Å². The van der Waals surface area contributed by atoms with Gasteiger partial charge in [-0.05, 0) is 37.8 Å². The molecule has 0 radical (unpaired) electrons. The van der Waals surface area contributed by atoms with Gasteiger partial charge in [-0.3, -0.25) is 0 Å². The maximum atomic E-state index is 6.25. The lowest BCUT2D eigenvalue weighted by Gasteiger charge is -2.16. The van der Waals surface area contributed by atoms with Crippen LogP contribution in [0.4, 0.5) is 5.82 Å². The van der Waals surface area contributed by atoms with E-state index in [0.29, 0.717) is 5.82 Å². The molecular formula is C18H20N4O. The minimum Gasteiger partial charge on any atom is -0.383 e. The molecule has 118 valence electrons. The van der Waals surface area contributed by atoms with Crippen molar-refractivity contribution in [1.29, 1.82) is 0 Å². The number of nitrogens with two attached hydrogens (primary N) is 1. The maximum absolute atomic E-state index is 6.25. The predicted molar refractivity (Wildman–Crippen MR) is 90.0 cm³/mol. The van der Waals surface area contributed by atoms with Gasteiger partial charge in [-0.25, -0.2) is 9.97 Å². The van der Waals surface area contributed by atoms with E-state index in [2.05, 4.69) is 45.7 Å². The van der Waals surface area contributed by atoms with Crippen molar-refractivity contribution in [3.63, 3.8) is 0 Å². The molecule has 5 nitrogen and oxygen atoms in total. The number of hydrogen-bond donors (Lipinski definition) is 1. The molecule has 1 aromatic carbocycles. The first-order valence-electron chi connectivity index (χ1n) is 7.99. The van der Waals surface area contributed by atoms with Gasteiger partial charge in [0, 0.05) is 6.20 Å². The molecule has 1 aliphatic heterocycles. The van der Waals surface area contributed by atoms with Crippen molar-refractivity contribution < 1.29 is 4.74 Å². The van der Waals surface area contributed by atoms with Crippen molar-refractivity contribution in [1.82, 2.24) is 14.5 Å². The summed E-state index contributed by atoms with van der Waals surface area (Å²) in [4.78, 5) is 8.39. The summed E-state index contributed by atoms with van der Waals surface area (Å²) in [5.41, 5.74) is 9.36. The van der Waals surface area contributed by atoms with E-state index in [1.165, 1.54) is 17.5 Å². The number of hydrogen-bond acceptors (Lipinski definition) is 4. The van der Waals surface area contributed by atoms with Crippen LogP contribution >= 0.6 is 0 Å². The molecule has 0 aliphatic carbocycles. The first-order chi connectivity index (χ1) is 11.2. The van der Waals surface area contributed by atoms with Crippen molar-refractivity contribution in [3.8, 4) is 0 Å². The van der Waals surface area contributed by atoms with Gasteiger partial charge in [-0.15, -0.1) is 0 Å². The van der Waals surface area contributed by atoms with Gasteiger partial charge in [0.2, 0.25) is 0 Å². The van der Waals surface area contributed by atoms with Gasteiger partial charge in [-0.2, -0.15) is 0 Å². The third kappa shape index (κ3) is 2.68. The second-order valence-corrected chi connectivity index (χ2v) is 6.20. The minimum atomic E-state index is 0.0252. The van der Waals surface area contributed by atoms with E-state index in [1.54, 1.807) is 0 Å². The van der Waals surface area contributed by atoms with Gasteiger partial charge < -0.3 is 15.0 Å². The number of ether oxygens (including phenoxy) is 1. The van der Waals surface area contributed by atoms with Gasteiger partial charge in [0.1, 0.15) is 24.0 Å². The number of nitrogens with zero attached hydrogens (tertiary/aromatic N) is 3. The average Bonchev–Trinajstić information content (AvgIpc) is 3.17. The topological polar surface area (TPSA) is 66.0 Å². The zero-order valence-corrected chi connectivity index (χ0v) is 13.1. The minimum absolute atomic E-state index is 0.0252. The lowest BCUT2D eigenvalue weighted by Crippen LogP contribution is -2.13. The Morgan fingerprint density at radius 2 is 2.00 bits per heavy atom. The quantitative estimate of drug-likeness (QED) is 0.806. The number of aromatic nitrogens is 3. The van der Waals surface area contributed by atoms with Gasteiger partial charge in [0.25, 0.3) is 0 Å². The van der Waals surface area contributed by atoms with Crippen LogP contribution < -0.4 is 5.73 Å². The van der Waals surface area contributed by atoms with Gasteiger partial charge >= 0.3 is 0 Å². The van der Waals surface area contributed by atoms with E-state index in [0.717, 1.165) is 30.3 Å². The molecule has 4 rings (SSSR count). The molecule has 1 saturated heterocycles. The second kappa shape index (κ2) is 5.66. The molecule has 2 aromatic heterocycles. The fourth-order valence-corrected chi connectivity index (χ4v) is 3.25. The van der Waals surface area contributed by atoms with E-state index < -0.39 is 0 Å². The van der Waals surface area contributed by atoms with E-state index in [9.17, 15) is 0 Å². The summed E-state index contributed by atoms with van der Waals surface area (Å²) in [6, 6.07) is 10.6. The fraction of sp³-hybridized carbons (Fsp3) is 0.333. The summed E-state index contributed by atoms with van der Waals surface area (Å²) in [5.74, 6) is 0.517. The number of fused-ring (bicyclic) bond motifs is 1. The Hall–Kier alpha value is -2.40. The van der Waals surface area contributed by atoms with Gasteiger partial charge in [0.15, 0.2) is 0 Å². The average molecular weight is 308 g/mol. The molecular weight excluding hydrogens is 288 g/mol. The lowest BCUT2D eigenvalue weighted by atomic mass is 10.0. The second-order valence-electron chi connectivity index (χ2n) is 6.20. The van der Waals surface area contributed by atoms with E-state index in [4.69, 9.17) is 10.5 Å². The summed E-state index contributed by atoms with van der Waals surface area (Å²) < 4.78 is 8.32. The maximum Gasteiger partial charge on any atom is 0.147 e. The zero-order chi connectivity index (χ0) is 15.8. The summed E-state index contributed by atoms with van der Waals surface area (Å²) in [5, 5.41) is 0.887. The monoisotopic (exact) mass is 308 g/mol. The van der Waals surface area contributed by atoms with Crippen LogP contribution in [0.25, 0.3) is 11.0 Å². The molecule has 0 amide bonds. The summed E-state index contributed by atoms with van der Waals surface area (Å²) in [6.45, 7) is 2.11. The summed E-state index contributed by atoms with van der Waals surface area (Å²) in [6.07, 6.45) is 6.77. The fourth-order valence-electron chi connectivity index (χ4n) is 3.25. The molecule has 2 atom stereocenters. The Bertz CT molecular complexity index is 825. The first-order valence-corrected chi connectivity index (χ1v) is 7.99. The number of benzene rings is 1. The Morgan fingerprint density at radius 1 is 1.17 bits per heavy atom. The van der Waals surface area contributed by atoms with Crippen LogP contribution in [0, 0.1) is 6.92 Å². The highest BCUT2D eigenvalue weighted by atomic mass is 16.5. The normalized spacial score (nSPS) is 21.1. The predicted octanol–water partition coefficient (Wildman–Crippen LogP) is 3.24. The van der Waals surface area contributed by atoms with Crippen LogP contribution in [0.15, 0.2) is 42.9 Å². The Labute approximate surface area is 135 Å². The van der Waals surface area contributed by atoms with Gasteiger partial charge in [-0.1, -0.05) is 29.8 Å².